The first-order valence-corrected chi connectivity index (χ1v) is 6.96. The second-order valence-electron chi connectivity index (χ2n) is 4.29. The summed E-state index contributed by atoms with van der Waals surface area (Å²) in [5.41, 5.74) is 0. The van der Waals surface area contributed by atoms with E-state index in [0.717, 1.165) is 22.7 Å². The van der Waals surface area contributed by atoms with Crippen molar-refractivity contribution >= 4 is 22.9 Å². The Balaban J connectivity index is 1.83. The number of hydrogen-bond donors (Lipinski definition) is 1. The molecule has 0 radical (unpaired) electrons. The van der Waals surface area contributed by atoms with Crippen molar-refractivity contribution in [2.24, 2.45) is 5.92 Å². The van der Waals surface area contributed by atoms with E-state index >= 15 is 0 Å². The summed E-state index contributed by atoms with van der Waals surface area (Å²) in [5.74, 6) is 1.61. The van der Waals surface area contributed by atoms with Crippen molar-refractivity contribution in [1.29, 1.82) is 0 Å². The Hall–Kier alpha value is -0.0500. The Bertz CT molecular complexity index is 310. The van der Waals surface area contributed by atoms with Crippen LogP contribution in [0.4, 0.5) is 0 Å². The maximum Gasteiger partial charge on any atom is 0.0931 e. The van der Waals surface area contributed by atoms with E-state index in [1.54, 1.807) is 11.3 Å². The van der Waals surface area contributed by atoms with Gasteiger partial charge in [0.15, 0.2) is 0 Å². The van der Waals surface area contributed by atoms with Crippen molar-refractivity contribution in [3.8, 4) is 0 Å². The van der Waals surface area contributed by atoms with Gasteiger partial charge in [0.2, 0.25) is 0 Å². The molecule has 84 valence electrons. The smallest absolute Gasteiger partial charge is 0.0931 e. The summed E-state index contributed by atoms with van der Waals surface area (Å²) in [5, 5.41) is 3.52. The first-order valence-electron chi connectivity index (χ1n) is 5.77. The zero-order chi connectivity index (χ0) is 10.7. The fourth-order valence-electron chi connectivity index (χ4n) is 2.18. The van der Waals surface area contributed by atoms with E-state index in [1.165, 1.54) is 30.7 Å². The summed E-state index contributed by atoms with van der Waals surface area (Å²) >= 11 is 7.72. The van der Waals surface area contributed by atoms with Crippen LogP contribution in [0.2, 0.25) is 4.34 Å². The van der Waals surface area contributed by atoms with Gasteiger partial charge in [-0.3, -0.25) is 0 Å². The van der Waals surface area contributed by atoms with Crippen LogP contribution in [0, 0.1) is 5.92 Å². The molecular weight excluding hydrogens is 226 g/mol. The zero-order valence-corrected chi connectivity index (χ0v) is 10.7. The van der Waals surface area contributed by atoms with E-state index in [-0.39, 0.29) is 0 Å². The van der Waals surface area contributed by atoms with Crippen molar-refractivity contribution < 1.29 is 0 Å². The van der Waals surface area contributed by atoms with E-state index in [9.17, 15) is 0 Å². The predicted octanol–water partition coefficient (Wildman–Crippen LogP) is 3.89. The highest BCUT2D eigenvalue weighted by Gasteiger charge is 2.32. The monoisotopic (exact) mass is 243 g/mol. The molecule has 1 fully saturated rings. The van der Waals surface area contributed by atoms with E-state index in [4.69, 9.17) is 11.6 Å². The third-order valence-corrected chi connectivity index (χ3v) is 4.57. The summed E-state index contributed by atoms with van der Waals surface area (Å²) < 4.78 is 0.928. The molecule has 2 rings (SSSR count). The Morgan fingerprint density at radius 1 is 1.47 bits per heavy atom. The molecule has 1 aromatic rings. The van der Waals surface area contributed by atoms with Crippen LogP contribution in [-0.2, 0) is 0 Å². The molecule has 0 spiro atoms. The van der Waals surface area contributed by atoms with E-state index < -0.39 is 0 Å². The number of rotatable bonds is 5. The molecule has 2 unspecified atom stereocenters. The molecule has 0 aliphatic heterocycles. The highest BCUT2D eigenvalue weighted by atomic mass is 35.5. The topological polar surface area (TPSA) is 12.0 Å². The molecule has 1 aromatic heterocycles. The van der Waals surface area contributed by atoms with Gasteiger partial charge in [-0.2, -0.15) is 0 Å². The lowest BCUT2D eigenvalue weighted by atomic mass is 9.73. The third kappa shape index (κ3) is 2.74. The van der Waals surface area contributed by atoms with Crippen LogP contribution >= 0.6 is 22.9 Å². The molecule has 15 heavy (non-hydrogen) atoms. The molecule has 1 N–H and O–H groups in total. The lowest BCUT2D eigenvalue weighted by Crippen LogP contribution is -2.33. The first-order chi connectivity index (χ1) is 7.31. The Morgan fingerprint density at radius 2 is 2.33 bits per heavy atom. The lowest BCUT2D eigenvalue weighted by Gasteiger charge is -2.36. The van der Waals surface area contributed by atoms with Gasteiger partial charge in [-0.15, -0.1) is 11.3 Å². The Morgan fingerprint density at radius 3 is 2.87 bits per heavy atom. The van der Waals surface area contributed by atoms with Crippen LogP contribution in [0.3, 0.4) is 0 Å². The summed E-state index contributed by atoms with van der Waals surface area (Å²) in [7, 11) is 0. The molecule has 0 bridgehead atoms. The SMILES string of the molecule is CCCNCC1CCC1c1ccc(Cl)s1. The van der Waals surface area contributed by atoms with Crippen LogP contribution in [-0.4, -0.2) is 13.1 Å². The average molecular weight is 244 g/mol. The highest BCUT2D eigenvalue weighted by Crippen LogP contribution is 2.45. The van der Waals surface area contributed by atoms with Crippen molar-refractivity contribution in [1.82, 2.24) is 5.32 Å². The van der Waals surface area contributed by atoms with Gasteiger partial charge in [0.05, 0.1) is 4.34 Å². The standard InChI is InChI=1S/C12H18ClNS/c1-2-7-14-8-9-3-4-10(9)11-5-6-12(13)15-11/h5-6,9-10,14H,2-4,7-8H2,1H3. The molecule has 1 saturated carbocycles. The molecule has 1 aliphatic rings. The Labute approximate surface area is 101 Å². The maximum atomic E-state index is 5.96. The van der Waals surface area contributed by atoms with Gasteiger partial charge < -0.3 is 5.32 Å². The van der Waals surface area contributed by atoms with Crippen LogP contribution in [0.15, 0.2) is 12.1 Å². The molecule has 1 aliphatic carbocycles. The molecule has 2 atom stereocenters. The molecule has 1 heterocycles. The largest absolute Gasteiger partial charge is 0.316 e. The van der Waals surface area contributed by atoms with Crippen molar-refractivity contribution in [3.05, 3.63) is 21.3 Å². The van der Waals surface area contributed by atoms with Crippen LogP contribution in [0.1, 0.15) is 37.0 Å². The minimum atomic E-state index is 0.770. The molecular formula is C12H18ClNS. The second kappa shape index (κ2) is 5.33. The first kappa shape index (κ1) is 11.4. The average Bonchev–Trinajstić information content (AvgIpc) is 2.57. The predicted molar refractivity (Wildman–Crippen MR) is 68.0 cm³/mol. The summed E-state index contributed by atoms with van der Waals surface area (Å²) in [6.07, 6.45) is 3.94. The van der Waals surface area contributed by atoms with Crippen molar-refractivity contribution in [2.75, 3.05) is 13.1 Å². The molecule has 1 nitrogen and oxygen atoms in total. The number of nitrogens with one attached hydrogen (secondary N) is 1. The van der Waals surface area contributed by atoms with Gasteiger partial charge in [0.1, 0.15) is 0 Å². The van der Waals surface area contributed by atoms with Gasteiger partial charge in [-0.05, 0) is 56.3 Å². The van der Waals surface area contributed by atoms with Gasteiger partial charge in [-0.25, -0.2) is 0 Å². The lowest BCUT2D eigenvalue weighted by molar-refractivity contribution is 0.249. The molecule has 0 amide bonds. The minimum Gasteiger partial charge on any atom is -0.316 e. The van der Waals surface area contributed by atoms with Crippen molar-refractivity contribution in [2.45, 2.75) is 32.1 Å². The van der Waals surface area contributed by atoms with Gasteiger partial charge in [0.25, 0.3) is 0 Å². The second-order valence-corrected chi connectivity index (χ2v) is 6.04. The van der Waals surface area contributed by atoms with Crippen molar-refractivity contribution in [3.63, 3.8) is 0 Å². The minimum absolute atomic E-state index is 0.770. The van der Waals surface area contributed by atoms with E-state index in [2.05, 4.69) is 18.3 Å². The van der Waals surface area contributed by atoms with Gasteiger partial charge in [-0.1, -0.05) is 18.5 Å². The van der Waals surface area contributed by atoms with Crippen LogP contribution < -0.4 is 5.32 Å². The quantitative estimate of drug-likeness (QED) is 0.774. The zero-order valence-electron chi connectivity index (χ0n) is 9.13. The number of halogens is 1. The maximum absolute atomic E-state index is 5.96. The molecule has 0 saturated heterocycles. The summed E-state index contributed by atoms with van der Waals surface area (Å²) in [6.45, 7) is 4.53. The summed E-state index contributed by atoms with van der Waals surface area (Å²) in [6, 6.07) is 4.22. The highest BCUT2D eigenvalue weighted by molar-refractivity contribution is 7.16. The molecule has 0 aromatic carbocycles. The summed E-state index contributed by atoms with van der Waals surface area (Å²) in [4.78, 5) is 1.48. The molecule has 3 heteroatoms. The van der Waals surface area contributed by atoms with Crippen LogP contribution in [0.25, 0.3) is 0 Å². The van der Waals surface area contributed by atoms with Crippen LogP contribution in [0.5, 0.6) is 0 Å². The van der Waals surface area contributed by atoms with Gasteiger partial charge >= 0.3 is 0 Å². The van der Waals surface area contributed by atoms with E-state index in [0.29, 0.717) is 0 Å². The third-order valence-electron chi connectivity index (χ3n) is 3.21. The fraction of sp³-hybridized carbons (Fsp3) is 0.667. The number of hydrogen-bond acceptors (Lipinski definition) is 2. The number of thiophene rings is 1. The normalized spacial score (nSPS) is 25.2. The Kier molecular flexibility index (Phi) is 4.06. The van der Waals surface area contributed by atoms with E-state index in [1.807, 2.05) is 6.07 Å². The fourth-order valence-corrected chi connectivity index (χ4v) is 3.47. The van der Waals surface area contributed by atoms with Gasteiger partial charge in [0, 0.05) is 4.88 Å².